The average Bonchev–Trinajstić information content (AvgIpc) is 3.09. The first-order valence-electron chi connectivity index (χ1n) is 7.77. The van der Waals surface area contributed by atoms with E-state index < -0.39 is 11.0 Å². The van der Waals surface area contributed by atoms with Crippen LogP contribution in [-0.4, -0.2) is 30.8 Å². The Morgan fingerprint density at radius 3 is 2.73 bits per heavy atom. The van der Waals surface area contributed by atoms with Crippen LogP contribution in [0.3, 0.4) is 0 Å². The lowest BCUT2D eigenvalue weighted by Crippen LogP contribution is -2.32. The highest BCUT2D eigenvalue weighted by Gasteiger charge is 2.19. The first-order chi connectivity index (χ1) is 12.5. The fourth-order valence-corrected chi connectivity index (χ4v) is 2.44. The van der Waals surface area contributed by atoms with Crippen LogP contribution in [0.4, 0.5) is 17.1 Å². The number of hydrogen-bond donors (Lipinski definition) is 2. The number of hydrogen-bond acceptors (Lipinski definition) is 7. The molecule has 2 aromatic rings. The van der Waals surface area contributed by atoms with Crippen molar-refractivity contribution in [1.29, 1.82) is 0 Å². The summed E-state index contributed by atoms with van der Waals surface area (Å²) in [6.45, 7) is 1.87. The zero-order valence-corrected chi connectivity index (χ0v) is 14.1. The second kappa shape index (κ2) is 7.18. The van der Waals surface area contributed by atoms with E-state index in [1.807, 2.05) is 0 Å². The zero-order valence-electron chi connectivity index (χ0n) is 14.1. The summed E-state index contributed by atoms with van der Waals surface area (Å²) in [6, 6.07) is 8.70. The summed E-state index contributed by atoms with van der Waals surface area (Å²) in [6.07, 6.45) is 0. The van der Waals surface area contributed by atoms with Crippen molar-refractivity contribution in [2.75, 3.05) is 24.5 Å². The number of nitro benzene ring substituents is 1. The fraction of sp³-hybridized carbons (Fsp3) is 0.235. The van der Waals surface area contributed by atoms with Crippen molar-refractivity contribution < 1.29 is 23.9 Å². The number of ether oxygens (including phenoxy) is 3. The molecular weight excluding hydrogens is 342 g/mol. The van der Waals surface area contributed by atoms with Crippen molar-refractivity contribution in [3.05, 3.63) is 46.5 Å². The topological polar surface area (TPSA) is 112 Å². The first kappa shape index (κ1) is 17.3. The minimum atomic E-state index is -0.574. The summed E-state index contributed by atoms with van der Waals surface area (Å²) in [7, 11) is 1.38. The van der Waals surface area contributed by atoms with Crippen molar-refractivity contribution in [2.45, 2.75) is 13.0 Å². The van der Waals surface area contributed by atoms with Crippen LogP contribution < -0.4 is 24.8 Å². The molecule has 9 heteroatoms. The third-order valence-electron chi connectivity index (χ3n) is 3.80. The Hall–Kier alpha value is -3.49. The molecule has 0 aromatic heterocycles. The predicted octanol–water partition coefficient (Wildman–Crippen LogP) is 2.77. The van der Waals surface area contributed by atoms with Gasteiger partial charge in [-0.15, -0.1) is 0 Å². The number of nitrogens with one attached hydrogen (secondary N) is 2. The minimum absolute atomic E-state index is 0.119. The van der Waals surface area contributed by atoms with Gasteiger partial charge in [-0.25, -0.2) is 0 Å². The van der Waals surface area contributed by atoms with Gasteiger partial charge in [-0.2, -0.15) is 0 Å². The van der Waals surface area contributed by atoms with Crippen molar-refractivity contribution in [2.24, 2.45) is 0 Å². The number of carbonyl (C=O) groups is 1. The molecule has 1 aliphatic rings. The van der Waals surface area contributed by atoms with Gasteiger partial charge in [0, 0.05) is 17.8 Å². The van der Waals surface area contributed by atoms with E-state index in [9.17, 15) is 14.9 Å². The van der Waals surface area contributed by atoms with E-state index in [2.05, 4.69) is 10.6 Å². The van der Waals surface area contributed by atoms with Gasteiger partial charge in [0.2, 0.25) is 12.7 Å². The van der Waals surface area contributed by atoms with Crippen LogP contribution >= 0.6 is 0 Å². The number of carbonyl (C=O) groups excluding carboxylic acids is 1. The lowest BCUT2D eigenvalue weighted by Gasteiger charge is -2.16. The monoisotopic (exact) mass is 359 g/mol. The number of benzene rings is 2. The second-order valence-corrected chi connectivity index (χ2v) is 5.57. The summed E-state index contributed by atoms with van der Waals surface area (Å²) >= 11 is 0. The zero-order chi connectivity index (χ0) is 18.7. The van der Waals surface area contributed by atoms with E-state index in [4.69, 9.17) is 14.2 Å². The molecule has 0 fully saturated rings. The number of anilines is 2. The molecule has 0 unspecified atom stereocenters. The van der Waals surface area contributed by atoms with Crippen molar-refractivity contribution >= 4 is 23.0 Å². The van der Waals surface area contributed by atoms with Gasteiger partial charge < -0.3 is 24.8 Å². The van der Waals surface area contributed by atoms with E-state index >= 15 is 0 Å². The number of nitro groups is 1. The minimum Gasteiger partial charge on any atom is -0.494 e. The predicted molar refractivity (Wildman–Crippen MR) is 93.9 cm³/mol. The van der Waals surface area contributed by atoms with E-state index in [1.165, 1.54) is 25.3 Å². The Balaban J connectivity index is 1.68. The Labute approximate surface area is 149 Å². The van der Waals surface area contributed by atoms with Crippen LogP contribution in [0, 0.1) is 10.1 Å². The summed E-state index contributed by atoms with van der Waals surface area (Å²) in [5.74, 6) is 1.15. The van der Waals surface area contributed by atoms with Crippen LogP contribution in [0.15, 0.2) is 36.4 Å². The molecule has 1 heterocycles. The molecule has 3 rings (SSSR count). The molecular formula is C17H17N3O6. The Kier molecular flexibility index (Phi) is 4.78. The number of fused-ring (bicyclic) bond motifs is 1. The van der Waals surface area contributed by atoms with Crippen LogP contribution in [0.25, 0.3) is 0 Å². The fourth-order valence-electron chi connectivity index (χ4n) is 2.44. The summed E-state index contributed by atoms with van der Waals surface area (Å²) in [5.41, 5.74) is 0.932. The lowest BCUT2D eigenvalue weighted by atomic mass is 10.2. The molecule has 2 aromatic carbocycles. The maximum absolute atomic E-state index is 12.4. The Morgan fingerprint density at radius 1 is 1.23 bits per heavy atom. The molecule has 2 N–H and O–H groups in total. The van der Waals surface area contributed by atoms with Gasteiger partial charge in [0.05, 0.1) is 23.8 Å². The molecule has 0 saturated heterocycles. The van der Waals surface area contributed by atoms with Gasteiger partial charge in [-0.1, -0.05) is 0 Å². The molecule has 0 radical (unpaired) electrons. The summed E-state index contributed by atoms with van der Waals surface area (Å²) < 4.78 is 15.7. The average molecular weight is 359 g/mol. The third-order valence-corrected chi connectivity index (χ3v) is 3.80. The highest BCUT2D eigenvalue weighted by molar-refractivity contribution is 5.97. The standard InChI is InChI=1S/C17H17N3O6/c1-10(18-11-3-6-14-16(7-11)26-9-25-14)17(21)19-13-5-4-12(20(22)23)8-15(13)24-2/h3-8,10,18H,9H2,1-2H3,(H,19,21)/t10-/m1/s1. The highest BCUT2D eigenvalue weighted by Crippen LogP contribution is 2.34. The van der Waals surface area contributed by atoms with Crippen LogP contribution in [0.5, 0.6) is 17.2 Å². The molecule has 0 bridgehead atoms. The Morgan fingerprint density at radius 2 is 2.00 bits per heavy atom. The number of rotatable bonds is 6. The van der Waals surface area contributed by atoms with Crippen molar-refractivity contribution in [3.8, 4) is 17.2 Å². The number of non-ortho nitro benzene ring substituents is 1. The lowest BCUT2D eigenvalue weighted by molar-refractivity contribution is -0.384. The second-order valence-electron chi connectivity index (χ2n) is 5.57. The molecule has 1 amide bonds. The molecule has 136 valence electrons. The van der Waals surface area contributed by atoms with E-state index in [1.54, 1.807) is 25.1 Å². The first-order valence-corrected chi connectivity index (χ1v) is 7.77. The van der Waals surface area contributed by atoms with Gasteiger partial charge in [0.1, 0.15) is 11.8 Å². The maximum Gasteiger partial charge on any atom is 0.273 e. The van der Waals surface area contributed by atoms with Crippen LogP contribution in [0.2, 0.25) is 0 Å². The largest absolute Gasteiger partial charge is 0.494 e. The molecule has 26 heavy (non-hydrogen) atoms. The highest BCUT2D eigenvalue weighted by atomic mass is 16.7. The SMILES string of the molecule is COc1cc([N+](=O)[O-])ccc1NC(=O)[C@@H](C)Nc1ccc2c(c1)OCO2. The number of amides is 1. The molecule has 0 saturated carbocycles. The number of nitrogens with zero attached hydrogens (tertiary/aromatic N) is 1. The van der Waals surface area contributed by atoms with Crippen molar-refractivity contribution in [3.63, 3.8) is 0 Å². The maximum atomic E-state index is 12.4. The van der Waals surface area contributed by atoms with E-state index in [-0.39, 0.29) is 24.1 Å². The molecule has 0 aliphatic carbocycles. The normalized spacial score (nSPS) is 13.0. The third kappa shape index (κ3) is 3.61. The van der Waals surface area contributed by atoms with Gasteiger partial charge in [-0.3, -0.25) is 14.9 Å². The molecule has 1 aliphatic heterocycles. The van der Waals surface area contributed by atoms with Gasteiger partial charge in [0.15, 0.2) is 11.5 Å². The smallest absolute Gasteiger partial charge is 0.273 e. The van der Waals surface area contributed by atoms with Gasteiger partial charge >= 0.3 is 0 Å². The van der Waals surface area contributed by atoms with Crippen LogP contribution in [0.1, 0.15) is 6.92 Å². The molecule has 0 spiro atoms. The van der Waals surface area contributed by atoms with Gasteiger partial charge in [0.25, 0.3) is 5.69 Å². The van der Waals surface area contributed by atoms with Gasteiger partial charge in [-0.05, 0) is 25.1 Å². The quantitative estimate of drug-likeness (QED) is 0.602. The summed E-state index contributed by atoms with van der Waals surface area (Å²) in [5, 5.41) is 16.6. The molecule has 9 nitrogen and oxygen atoms in total. The van der Waals surface area contributed by atoms with Crippen LogP contribution in [-0.2, 0) is 4.79 Å². The number of methoxy groups -OCH3 is 1. The molecule has 1 atom stereocenters. The Bertz CT molecular complexity index is 854. The van der Waals surface area contributed by atoms with Crippen molar-refractivity contribution in [1.82, 2.24) is 0 Å². The van der Waals surface area contributed by atoms with E-state index in [0.717, 1.165) is 0 Å². The van der Waals surface area contributed by atoms with E-state index in [0.29, 0.717) is 22.9 Å². The summed E-state index contributed by atoms with van der Waals surface area (Å²) in [4.78, 5) is 22.7.